The zero-order valence-electron chi connectivity index (χ0n) is 15.4. The molecule has 0 aromatic carbocycles. The average Bonchev–Trinajstić information content (AvgIpc) is 3.06. The van der Waals surface area contributed by atoms with E-state index in [0.29, 0.717) is 43.6 Å². The number of nitrogens with one attached hydrogen (secondary N) is 1. The Morgan fingerprint density at radius 1 is 1.26 bits per heavy atom. The minimum atomic E-state index is -1.20. The van der Waals surface area contributed by atoms with Crippen LogP contribution in [0.25, 0.3) is 0 Å². The van der Waals surface area contributed by atoms with E-state index in [2.05, 4.69) is 15.3 Å². The van der Waals surface area contributed by atoms with Crippen molar-refractivity contribution in [1.29, 1.82) is 0 Å². The standard InChI is InChI=1S/C19H25N3O5/c1-12-21-15-8-9-20-16(27-18(25)7-6-17(23)24)10-14(15)19(22-12)26-11-13-4-2-3-5-13/h6-7,13,16,20H,2-5,8-11H2,1H3,(H,23,24)/b7-6+. The van der Waals surface area contributed by atoms with Crippen molar-refractivity contribution in [2.45, 2.75) is 51.7 Å². The summed E-state index contributed by atoms with van der Waals surface area (Å²) in [5.41, 5.74) is 1.75. The van der Waals surface area contributed by atoms with Gasteiger partial charge in [-0.25, -0.2) is 14.6 Å². The van der Waals surface area contributed by atoms with E-state index in [-0.39, 0.29) is 0 Å². The second-order valence-corrected chi connectivity index (χ2v) is 6.97. The van der Waals surface area contributed by atoms with Gasteiger partial charge in [0.25, 0.3) is 0 Å². The van der Waals surface area contributed by atoms with Gasteiger partial charge in [-0.05, 0) is 25.7 Å². The minimum Gasteiger partial charge on any atom is -0.478 e. The fourth-order valence-electron chi connectivity index (χ4n) is 3.54. The highest BCUT2D eigenvalue weighted by Crippen LogP contribution is 2.28. The summed E-state index contributed by atoms with van der Waals surface area (Å²) in [6.45, 7) is 3.07. The number of carbonyl (C=O) groups excluding carboxylic acids is 1. The Bertz CT molecular complexity index is 728. The molecule has 0 saturated heterocycles. The highest BCUT2D eigenvalue weighted by Gasteiger charge is 2.25. The summed E-state index contributed by atoms with van der Waals surface area (Å²) in [6.07, 6.45) is 7.00. The van der Waals surface area contributed by atoms with E-state index in [4.69, 9.17) is 14.6 Å². The number of rotatable bonds is 6. The summed E-state index contributed by atoms with van der Waals surface area (Å²) < 4.78 is 11.4. The molecule has 0 spiro atoms. The van der Waals surface area contributed by atoms with Crippen molar-refractivity contribution < 1.29 is 24.2 Å². The Morgan fingerprint density at radius 2 is 2.04 bits per heavy atom. The number of ether oxygens (including phenoxy) is 2. The lowest BCUT2D eigenvalue weighted by Gasteiger charge is -2.18. The maximum atomic E-state index is 11.8. The molecule has 3 rings (SSSR count). The highest BCUT2D eigenvalue weighted by molar-refractivity contribution is 5.90. The molecule has 2 aliphatic rings. The number of carboxylic acids is 1. The van der Waals surface area contributed by atoms with Gasteiger partial charge in [-0.3, -0.25) is 5.32 Å². The molecule has 1 saturated carbocycles. The van der Waals surface area contributed by atoms with Gasteiger partial charge < -0.3 is 14.6 Å². The number of aliphatic carboxylic acids is 1. The van der Waals surface area contributed by atoms with Gasteiger partial charge in [-0.15, -0.1) is 0 Å². The number of hydrogen-bond donors (Lipinski definition) is 2. The minimum absolute atomic E-state index is 0.377. The number of hydrogen-bond acceptors (Lipinski definition) is 7. The third-order valence-electron chi connectivity index (χ3n) is 4.84. The van der Waals surface area contributed by atoms with Crippen LogP contribution in [0.3, 0.4) is 0 Å². The second kappa shape index (κ2) is 8.94. The Balaban J connectivity index is 1.72. The summed E-state index contributed by atoms with van der Waals surface area (Å²) in [6, 6.07) is 0. The zero-order valence-corrected chi connectivity index (χ0v) is 15.4. The van der Waals surface area contributed by atoms with Crippen LogP contribution in [-0.4, -0.2) is 46.4 Å². The normalized spacial score (nSPS) is 20.3. The quantitative estimate of drug-likeness (QED) is 0.569. The van der Waals surface area contributed by atoms with Gasteiger partial charge in [0.2, 0.25) is 5.88 Å². The van der Waals surface area contributed by atoms with Crippen LogP contribution < -0.4 is 10.1 Å². The molecule has 1 unspecified atom stereocenters. The fraction of sp³-hybridized carbons (Fsp3) is 0.579. The van der Waals surface area contributed by atoms with Crippen LogP contribution in [0.5, 0.6) is 5.88 Å². The summed E-state index contributed by atoms with van der Waals surface area (Å²) in [4.78, 5) is 31.3. The van der Waals surface area contributed by atoms with Crippen LogP contribution in [0.1, 0.15) is 42.8 Å². The number of aromatic nitrogens is 2. The Kier molecular flexibility index (Phi) is 6.39. The average molecular weight is 375 g/mol. The van der Waals surface area contributed by atoms with Gasteiger partial charge >= 0.3 is 11.9 Å². The SMILES string of the molecule is Cc1nc2c(c(OCC3CCCC3)n1)CC(OC(=O)/C=C/C(=O)O)NCC2. The molecule has 27 heavy (non-hydrogen) atoms. The number of aryl methyl sites for hydroxylation is 1. The third kappa shape index (κ3) is 5.50. The van der Waals surface area contributed by atoms with E-state index in [9.17, 15) is 9.59 Å². The second-order valence-electron chi connectivity index (χ2n) is 6.97. The van der Waals surface area contributed by atoms with Crippen molar-refractivity contribution in [1.82, 2.24) is 15.3 Å². The van der Waals surface area contributed by atoms with Crippen LogP contribution in [0.15, 0.2) is 12.2 Å². The van der Waals surface area contributed by atoms with E-state index < -0.39 is 18.2 Å². The smallest absolute Gasteiger partial charge is 0.332 e. The lowest BCUT2D eigenvalue weighted by atomic mass is 10.1. The molecule has 1 aliphatic heterocycles. The molecule has 8 heteroatoms. The maximum absolute atomic E-state index is 11.8. The van der Waals surface area contributed by atoms with Crippen molar-refractivity contribution in [3.8, 4) is 5.88 Å². The lowest BCUT2D eigenvalue weighted by molar-refractivity contribution is -0.145. The van der Waals surface area contributed by atoms with Gasteiger partial charge in [0, 0.05) is 37.1 Å². The topological polar surface area (TPSA) is 111 Å². The molecule has 1 aromatic rings. The van der Waals surface area contributed by atoms with E-state index >= 15 is 0 Å². The van der Waals surface area contributed by atoms with Crippen molar-refractivity contribution in [3.63, 3.8) is 0 Å². The monoisotopic (exact) mass is 375 g/mol. The number of esters is 1. The van der Waals surface area contributed by atoms with Crippen molar-refractivity contribution in [3.05, 3.63) is 29.2 Å². The van der Waals surface area contributed by atoms with E-state index in [1.54, 1.807) is 0 Å². The van der Waals surface area contributed by atoms with Gasteiger partial charge in [-0.2, -0.15) is 4.98 Å². The first kappa shape index (κ1) is 19.3. The lowest BCUT2D eigenvalue weighted by Crippen LogP contribution is -2.35. The number of nitrogens with zero attached hydrogens (tertiary/aromatic N) is 2. The molecule has 1 atom stereocenters. The molecule has 8 nitrogen and oxygen atoms in total. The summed E-state index contributed by atoms with van der Waals surface area (Å²) in [5, 5.41) is 11.8. The van der Waals surface area contributed by atoms with Crippen LogP contribution in [-0.2, 0) is 27.2 Å². The number of carboxylic acid groups (broad SMARTS) is 1. The first-order valence-electron chi connectivity index (χ1n) is 9.35. The highest BCUT2D eigenvalue weighted by atomic mass is 16.6. The predicted molar refractivity (Wildman–Crippen MR) is 96.3 cm³/mol. The molecule has 146 valence electrons. The van der Waals surface area contributed by atoms with Crippen LogP contribution in [0.2, 0.25) is 0 Å². The first-order valence-corrected chi connectivity index (χ1v) is 9.35. The molecular formula is C19H25N3O5. The summed E-state index contributed by atoms with van der Waals surface area (Å²) >= 11 is 0. The molecule has 1 fully saturated rings. The van der Waals surface area contributed by atoms with Gasteiger partial charge in [0.1, 0.15) is 5.82 Å². The van der Waals surface area contributed by atoms with Crippen molar-refractivity contribution in [2.75, 3.05) is 13.2 Å². The largest absolute Gasteiger partial charge is 0.478 e. The molecule has 2 N–H and O–H groups in total. The molecule has 1 aromatic heterocycles. The Hall–Kier alpha value is -2.48. The molecule has 0 bridgehead atoms. The molecule has 1 aliphatic carbocycles. The van der Waals surface area contributed by atoms with Crippen LogP contribution in [0.4, 0.5) is 0 Å². The van der Waals surface area contributed by atoms with Gasteiger partial charge in [0.05, 0.1) is 12.3 Å². The predicted octanol–water partition coefficient (Wildman–Crippen LogP) is 1.55. The van der Waals surface area contributed by atoms with Crippen LogP contribution >= 0.6 is 0 Å². The molecule has 0 amide bonds. The fourth-order valence-corrected chi connectivity index (χ4v) is 3.54. The van der Waals surface area contributed by atoms with Crippen molar-refractivity contribution in [2.24, 2.45) is 5.92 Å². The van der Waals surface area contributed by atoms with Gasteiger partial charge in [0.15, 0.2) is 6.23 Å². The van der Waals surface area contributed by atoms with E-state index in [1.165, 1.54) is 25.7 Å². The Labute approximate surface area is 158 Å². The zero-order chi connectivity index (χ0) is 19.2. The Morgan fingerprint density at radius 3 is 2.78 bits per heavy atom. The van der Waals surface area contributed by atoms with Gasteiger partial charge in [-0.1, -0.05) is 12.8 Å². The molecule has 2 heterocycles. The molecular weight excluding hydrogens is 350 g/mol. The third-order valence-corrected chi connectivity index (χ3v) is 4.84. The summed E-state index contributed by atoms with van der Waals surface area (Å²) in [7, 11) is 0. The maximum Gasteiger partial charge on any atom is 0.332 e. The number of carbonyl (C=O) groups is 2. The van der Waals surface area contributed by atoms with E-state index in [0.717, 1.165) is 23.4 Å². The summed E-state index contributed by atoms with van der Waals surface area (Å²) in [5.74, 6) is -0.114. The first-order chi connectivity index (χ1) is 13.0. The van der Waals surface area contributed by atoms with E-state index in [1.807, 2.05) is 6.92 Å². The number of fused-ring (bicyclic) bond motifs is 1. The molecule has 0 radical (unpaired) electrons. The van der Waals surface area contributed by atoms with Crippen LogP contribution in [0, 0.1) is 12.8 Å². The van der Waals surface area contributed by atoms with Crippen molar-refractivity contribution >= 4 is 11.9 Å².